The topological polar surface area (TPSA) is 52.6 Å². The molecule has 0 spiro atoms. The summed E-state index contributed by atoms with van der Waals surface area (Å²) in [4.78, 5) is 15.7. The summed E-state index contributed by atoms with van der Waals surface area (Å²) >= 11 is 0. The molecule has 1 amide bonds. The number of nitrogens with zero attached hydrogens (tertiary/aromatic N) is 1. The van der Waals surface area contributed by atoms with E-state index in [9.17, 15) is 9.90 Å². The first-order chi connectivity index (χ1) is 15.0. The van der Waals surface area contributed by atoms with Crippen molar-refractivity contribution in [1.29, 1.82) is 0 Å². The van der Waals surface area contributed by atoms with E-state index in [2.05, 4.69) is 43.1 Å². The summed E-state index contributed by atoms with van der Waals surface area (Å²) < 4.78 is 0. The molecule has 0 bridgehead atoms. The Labute approximate surface area is 186 Å². The number of anilines is 1. The van der Waals surface area contributed by atoms with Crippen molar-refractivity contribution in [2.24, 2.45) is 0 Å². The molecule has 0 radical (unpaired) electrons. The Kier molecular flexibility index (Phi) is 6.66. The van der Waals surface area contributed by atoms with Gasteiger partial charge in [0, 0.05) is 23.8 Å². The molecule has 0 saturated carbocycles. The molecule has 166 valence electrons. The van der Waals surface area contributed by atoms with E-state index in [4.69, 9.17) is 0 Å². The monoisotopic (exact) mass is 420 g/mol. The third-order valence-corrected chi connectivity index (χ3v) is 7.28. The lowest BCUT2D eigenvalue weighted by Crippen LogP contribution is -2.46. The van der Waals surface area contributed by atoms with Gasteiger partial charge in [0.25, 0.3) is 0 Å². The zero-order valence-corrected chi connectivity index (χ0v) is 19.1. The molecule has 0 aromatic heterocycles. The number of carbonyl (C=O) groups is 1. The van der Waals surface area contributed by atoms with Crippen molar-refractivity contribution in [2.45, 2.75) is 89.8 Å². The second kappa shape index (κ2) is 9.44. The number of rotatable bonds is 6. The first-order valence-corrected chi connectivity index (χ1v) is 12.0. The van der Waals surface area contributed by atoms with Gasteiger partial charge in [0.1, 0.15) is 5.75 Å². The Morgan fingerprint density at radius 3 is 2.58 bits per heavy atom. The lowest BCUT2D eigenvalue weighted by atomic mass is 9.81. The molecule has 31 heavy (non-hydrogen) atoms. The molecular weight excluding hydrogens is 384 g/mol. The molecule has 4 heteroatoms. The van der Waals surface area contributed by atoms with Crippen LogP contribution in [-0.4, -0.2) is 28.0 Å². The number of phenols is 1. The van der Waals surface area contributed by atoms with Gasteiger partial charge in [-0.15, -0.1) is 0 Å². The van der Waals surface area contributed by atoms with Crippen LogP contribution in [0.15, 0.2) is 42.5 Å². The van der Waals surface area contributed by atoms with Crippen LogP contribution in [0.25, 0.3) is 0 Å². The maximum atomic E-state index is 12.9. The van der Waals surface area contributed by atoms with Crippen LogP contribution in [-0.2, 0) is 11.2 Å². The van der Waals surface area contributed by atoms with Gasteiger partial charge in [-0.25, -0.2) is 0 Å². The summed E-state index contributed by atoms with van der Waals surface area (Å²) in [6.45, 7) is 7.02. The third-order valence-electron chi connectivity index (χ3n) is 7.28. The molecule has 4 unspecified atom stereocenters. The zero-order valence-electron chi connectivity index (χ0n) is 19.1. The molecule has 4 atom stereocenters. The number of likely N-dealkylation sites (tertiary alicyclic amines) is 1. The molecule has 4 rings (SSSR count). The number of amides is 1. The molecule has 2 heterocycles. The van der Waals surface area contributed by atoms with Crippen LogP contribution in [0.4, 0.5) is 5.69 Å². The maximum Gasteiger partial charge on any atom is 0.232 e. The minimum Gasteiger partial charge on any atom is -0.508 e. The number of hydrogen-bond acceptors (Lipinski definition) is 3. The minimum absolute atomic E-state index is 0.0140. The van der Waals surface area contributed by atoms with Gasteiger partial charge in [-0.1, -0.05) is 50.5 Å². The Morgan fingerprint density at radius 2 is 1.87 bits per heavy atom. The predicted molar refractivity (Wildman–Crippen MR) is 127 cm³/mol. The van der Waals surface area contributed by atoms with Crippen molar-refractivity contribution in [2.75, 3.05) is 5.32 Å². The number of phenolic OH excluding ortho intramolecular Hbond substituents is 1. The normalized spacial score (nSPS) is 25.0. The average molecular weight is 421 g/mol. The lowest BCUT2D eigenvalue weighted by Gasteiger charge is -2.45. The summed E-state index contributed by atoms with van der Waals surface area (Å²) in [6.07, 6.45) is 8.03. The molecule has 2 aromatic carbocycles. The second-order valence-corrected chi connectivity index (χ2v) is 9.45. The number of piperidine rings is 1. The Hall–Kier alpha value is -2.33. The molecule has 2 aliphatic heterocycles. The van der Waals surface area contributed by atoms with Gasteiger partial charge in [-0.2, -0.15) is 0 Å². The highest BCUT2D eigenvalue weighted by Crippen LogP contribution is 2.42. The van der Waals surface area contributed by atoms with Crippen molar-refractivity contribution in [3.05, 3.63) is 59.2 Å². The van der Waals surface area contributed by atoms with Crippen LogP contribution in [0.3, 0.4) is 0 Å². The second-order valence-electron chi connectivity index (χ2n) is 9.45. The number of hydrogen-bond donors (Lipinski definition) is 2. The zero-order chi connectivity index (χ0) is 22.0. The molecule has 0 aliphatic carbocycles. The SMILES string of the molecule is CCCCC(c1cccc2c1CC(c1cccc(O)c1)C(=O)N2)N1C(C)CCCC1C. The number of aromatic hydroxyl groups is 1. The number of nitrogens with one attached hydrogen (secondary N) is 1. The summed E-state index contributed by atoms with van der Waals surface area (Å²) in [6, 6.07) is 15.1. The van der Waals surface area contributed by atoms with Crippen LogP contribution in [0.2, 0.25) is 0 Å². The minimum atomic E-state index is -0.274. The van der Waals surface area contributed by atoms with Gasteiger partial charge in [-0.3, -0.25) is 9.69 Å². The molecule has 2 N–H and O–H groups in total. The van der Waals surface area contributed by atoms with Crippen LogP contribution >= 0.6 is 0 Å². The van der Waals surface area contributed by atoms with E-state index in [1.165, 1.54) is 43.2 Å². The Morgan fingerprint density at radius 1 is 1.13 bits per heavy atom. The first kappa shape index (κ1) is 21.9. The summed E-state index contributed by atoms with van der Waals surface area (Å²) in [5.74, 6) is -0.0509. The highest BCUT2D eigenvalue weighted by atomic mass is 16.3. The Balaban J connectivity index is 1.73. The van der Waals surface area contributed by atoms with Crippen LogP contribution in [0, 0.1) is 0 Å². The van der Waals surface area contributed by atoms with E-state index in [1.54, 1.807) is 12.1 Å². The number of unbranched alkanes of at least 4 members (excludes halogenated alkanes) is 1. The lowest BCUT2D eigenvalue weighted by molar-refractivity contribution is -0.117. The van der Waals surface area contributed by atoms with E-state index in [1.807, 2.05) is 18.2 Å². The Bertz CT molecular complexity index is 915. The highest BCUT2D eigenvalue weighted by Gasteiger charge is 2.35. The van der Waals surface area contributed by atoms with Gasteiger partial charge in [0.05, 0.1) is 5.92 Å². The molecule has 4 nitrogen and oxygen atoms in total. The van der Waals surface area contributed by atoms with Crippen molar-refractivity contribution in [3.8, 4) is 5.75 Å². The van der Waals surface area contributed by atoms with Gasteiger partial charge >= 0.3 is 0 Å². The van der Waals surface area contributed by atoms with Crippen LogP contribution in [0.1, 0.15) is 87.9 Å². The smallest absolute Gasteiger partial charge is 0.232 e. The largest absolute Gasteiger partial charge is 0.508 e. The number of fused-ring (bicyclic) bond motifs is 1. The fraction of sp³-hybridized carbons (Fsp3) is 0.519. The number of benzene rings is 2. The fourth-order valence-corrected chi connectivity index (χ4v) is 5.71. The fourth-order valence-electron chi connectivity index (χ4n) is 5.71. The van der Waals surface area contributed by atoms with Crippen LogP contribution < -0.4 is 5.32 Å². The average Bonchev–Trinajstić information content (AvgIpc) is 2.75. The molecular formula is C27H36N2O2. The van der Waals surface area contributed by atoms with Crippen LogP contribution in [0.5, 0.6) is 5.75 Å². The molecule has 1 fully saturated rings. The quantitative estimate of drug-likeness (QED) is 0.588. The van der Waals surface area contributed by atoms with Crippen molar-refractivity contribution >= 4 is 11.6 Å². The molecule has 1 saturated heterocycles. The summed E-state index contributed by atoms with van der Waals surface area (Å²) in [7, 11) is 0. The van der Waals surface area contributed by atoms with E-state index in [0.717, 1.165) is 17.7 Å². The van der Waals surface area contributed by atoms with E-state index in [-0.39, 0.29) is 17.6 Å². The van der Waals surface area contributed by atoms with Gasteiger partial charge in [0.2, 0.25) is 5.91 Å². The van der Waals surface area contributed by atoms with E-state index in [0.29, 0.717) is 24.5 Å². The summed E-state index contributed by atoms with van der Waals surface area (Å²) in [5, 5.41) is 13.1. The predicted octanol–water partition coefficient (Wildman–Crippen LogP) is 6.16. The van der Waals surface area contributed by atoms with Gasteiger partial charge in [0.15, 0.2) is 0 Å². The van der Waals surface area contributed by atoms with Gasteiger partial charge in [-0.05, 0) is 74.4 Å². The van der Waals surface area contributed by atoms with E-state index < -0.39 is 0 Å². The summed E-state index contributed by atoms with van der Waals surface area (Å²) in [5.41, 5.74) is 4.47. The molecule has 2 aliphatic rings. The third kappa shape index (κ3) is 4.50. The standard InChI is InChI=1S/C27H36N2O2/c1-4-5-15-26(29-18(2)9-6-10-19(29)3)22-13-8-14-25-24(22)17-23(27(31)28-25)20-11-7-12-21(30)16-20/h7-8,11-14,16,18-19,23,26,30H,4-6,9-10,15,17H2,1-3H3,(H,28,31). The van der Waals surface area contributed by atoms with Gasteiger partial charge < -0.3 is 10.4 Å². The van der Waals surface area contributed by atoms with Crippen molar-refractivity contribution in [3.63, 3.8) is 0 Å². The maximum absolute atomic E-state index is 12.9. The van der Waals surface area contributed by atoms with E-state index >= 15 is 0 Å². The van der Waals surface area contributed by atoms with Crippen molar-refractivity contribution in [1.82, 2.24) is 4.90 Å². The first-order valence-electron chi connectivity index (χ1n) is 12.0. The number of carbonyl (C=O) groups excluding carboxylic acids is 1. The molecule has 2 aromatic rings. The highest BCUT2D eigenvalue weighted by molar-refractivity contribution is 5.99. The van der Waals surface area contributed by atoms with Crippen molar-refractivity contribution < 1.29 is 9.90 Å².